The molecule has 0 aliphatic heterocycles. The highest BCUT2D eigenvalue weighted by Crippen LogP contribution is 2.32. The van der Waals surface area contributed by atoms with Gasteiger partial charge in [-0.1, -0.05) is 11.6 Å². The van der Waals surface area contributed by atoms with E-state index in [-0.39, 0.29) is 16.4 Å². The van der Waals surface area contributed by atoms with Crippen molar-refractivity contribution in [2.75, 3.05) is 12.8 Å². The minimum atomic E-state index is -0.614. The summed E-state index contributed by atoms with van der Waals surface area (Å²) in [6.45, 7) is 0. The minimum absolute atomic E-state index is 0.106. The van der Waals surface area contributed by atoms with Gasteiger partial charge in [0.1, 0.15) is 17.2 Å². The third-order valence-electron chi connectivity index (χ3n) is 2.23. The van der Waals surface area contributed by atoms with Gasteiger partial charge in [-0.2, -0.15) is 0 Å². The van der Waals surface area contributed by atoms with Crippen LogP contribution in [0, 0.1) is 5.82 Å². The Bertz CT molecular complexity index is 580. The van der Waals surface area contributed by atoms with Gasteiger partial charge in [0.15, 0.2) is 0 Å². The number of esters is 1. The van der Waals surface area contributed by atoms with Crippen molar-refractivity contribution in [2.24, 2.45) is 0 Å². The van der Waals surface area contributed by atoms with E-state index < -0.39 is 11.8 Å². The van der Waals surface area contributed by atoms with E-state index in [9.17, 15) is 9.18 Å². The van der Waals surface area contributed by atoms with Crippen molar-refractivity contribution in [1.29, 1.82) is 0 Å². The number of nitrogens with one attached hydrogen (secondary N) is 1. The summed E-state index contributed by atoms with van der Waals surface area (Å²) in [5.74, 6) is -1.01. The number of fused-ring (bicyclic) bond motifs is 1. The van der Waals surface area contributed by atoms with E-state index in [1.165, 1.54) is 13.2 Å². The van der Waals surface area contributed by atoms with Crippen LogP contribution in [0.5, 0.6) is 0 Å². The zero-order valence-corrected chi connectivity index (χ0v) is 9.06. The Kier molecular flexibility index (Phi) is 2.47. The number of aromatic nitrogens is 1. The van der Waals surface area contributed by atoms with E-state index >= 15 is 0 Å². The Morgan fingerprint density at radius 3 is 2.88 bits per heavy atom. The number of rotatable bonds is 1. The van der Waals surface area contributed by atoms with Gasteiger partial charge in [-0.15, -0.1) is 0 Å². The first-order valence-electron chi connectivity index (χ1n) is 4.39. The van der Waals surface area contributed by atoms with E-state index in [1.54, 1.807) is 0 Å². The molecule has 0 aliphatic rings. The van der Waals surface area contributed by atoms with Crippen LogP contribution in [-0.2, 0) is 4.74 Å². The maximum absolute atomic E-state index is 13.1. The van der Waals surface area contributed by atoms with Crippen molar-refractivity contribution in [2.45, 2.75) is 0 Å². The quantitative estimate of drug-likeness (QED) is 0.754. The fourth-order valence-electron chi connectivity index (χ4n) is 1.58. The van der Waals surface area contributed by atoms with Gasteiger partial charge < -0.3 is 15.5 Å². The molecular formula is C10H8ClFN2O2. The van der Waals surface area contributed by atoms with Crippen LogP contribution in [0.4, 0.5) is 10.2 Å². The zero-order valence-electron chi connectivity index (χ0n) is 8.30. The number of nitrogen functional groups attached to an aromatic ring is 1. The number of anilines is 1. The van der Waals surface area contributed by atoms with Crippen LogP contribution >= 0.6 is 11.6 Å². The molecule has 1 heterocycles. The van der Waals surface area contributed by atoms with E-state index in [0.717, 1.165) is 6.07 Å². The van der Waals surface area contributed by atoms with E-state index in [2.05, 4.69) is 9.72 Å². The van der Waals surface area contributed by atoms with Crippen LogP contribution in [0.2, 0.25) is 5.02 Å². The summed E-state index contributed by atoms with van der Waals surface area (Å²) in [7, 11) is 1.23. The molecule has 0 spiro atoms. The molecule has 4 nitrogen and oxygen atoms in total. The molecule has 0 amide bonds. The van der Waals surface area contributed by atoms with Crippen molar-refractivity contribution >= 4 is 34.3 Å². The Hall–Kier alpha value is -1.75. The van der Waals surface area contributed by atoms with E-state index in [1.807, 2.05) is 0 Å². The number of aromatic amines is 1. The number of halogens is 2. The third kappa shape index (κ3) is 1.49. The molecule has 0 saturated heterocycles. The fourth-order valence-corrected chi connectivity index (χ4v) is 1.88. The molecule has 0 radical (unpaired) electrons. The van der Waals surface area contributed by atoms with Gasteiger partial charge in [-0.25, -0.2) is 9.18 Å². The van der Waals surface area contributed by atoms with E-state index in [4.69, 9.17) is 17.3 Å². The number of methoxy groups -OCH3 is 1. The lowest BCUT2D eigenvalue weighted by atomic mass is 10.1. The molecule has 84 valence electrons. The third-order valence-corrected chi connectivity index (χ3v) is 2.53. The minimum Gasteiger partial charge on any atom is -0.465 e. The first-order valence-corrected chi connectivity index (χ1v) is 4.77. The number of nitrogens with two attached hydrogens (primary N) is 1. The summed E-state index contributed by atoms with van der Waals surface area (Å²) in [5.41, 5.74) is 6.10. The highest BCUT2D eigenvalue weighted by atomic mass is 35.5. The lowest BCUT2D eigenvalue weighted by Crippen LogP contribution is -2.04. The predicted octanol–water partition coefficient (Wildman–Crippen LogP) is 2.33. The molecular weight excluding hydrogens is 235 g/mol. The van der Waals surface area contributed by atoms with Gasteiger partial charge in [-0.3, -0.25) is 0 Å². The Morgan fingerprint density at radius 2 is 2.25 bits per heavy atom. The molecule has 0 aliphatic carbocycles. The molecule has 0 atom stereocenters. The first-order chi connectivity index (χ1) is 7.54. The average molecular weight is 243 g/mol. The second-order valence-corrected chi connectivity index (χ2v) is 3.62. The molecule has 0 fully saturated rings. The largest absolute Gasteiger partial charge is 0.465 e. The lowest BCUT2D eigenvalue weighted by molar-refractivity contribution is 0.0604. The van der Waals surface area contributed by atoms with E-state index in [0.29, 0.717) is 10.9 Å². The number of hydrogen-bond donors (Lipinski definition) is 2. The average Bonchev–Trinajstić information content (AvgIpc) is 2.53. The number of carbonyl (C=O) groups is 1. The number of carbonyl (C=O) groups excluding carboxylic acids is 1. The molecule has 0 saturated carbocycles. The van der Waals surface area contributed by atoms with Gasteiger partial charge >= 0.3 is 5.97 Å². The van der Waals surface area contributed by atoms with Crippen molar-refractivity contribution < 1.29 is 13.9 Å². The Labute approximate surface area is 95.1 Å². The van der Waals surface area contributed by atoms with Gasteiger partial charge in [0.05, 0.1) is 17.6 Å². The summed E-state index contributed by atoms with van der Waals surface area (Å²) in [5, 5.41) is 0.482. The van der Waals surface area contributed by atoms with Gasteiger partial charge in [0.2, 0.25) is 0 Å². The molecule has 1 aromatic heterocycles. The lowest BCUT2D eigenvalue weighted by Gasteiger charge is -2.00. The second kappa shape index (κ2) is 3.68. The second-order valence-electron chi connectivity index (χ2n) is 3.22. The number of hydrogen-bond acceptors (Lipinski definition) is 3. The van der Waals surface area contributed by atoms with Crippen molar-refractivity contribution in [3.05, 3.63) is 28.5 Å². The molecule has 6 heteroatoms. The number of benzene rings is 1. The van der Waals surface area contributed by atoms with Crippen LogP contribution < -0.4 is 5.73 Å². The standard InChI is InChI=1S/C10H8ClFN2O2/c1-16-10(15)8-7-5(11)2-4(12)3-6(7)14-9(8)13/h2-3,14H,13H2,1H3. The molecule has 1 aromatic carbocycles. The maximum atomic E-state index is 13.1. The molecule has 2 aromatic rings. The highest BCUT2D eigenvalue weighted by molar-refractivity contribution is 6.37. The zero-order chi connectivity index (χ0) is 11.9. The summed E-state index contributed by atoms with van der Waals surface area (Å²) >= 11 is 5.86. The smallest absolute Gasteiger partial charge is 0.342 e. The number of ether oxygens (including phenoxy) is 1. The van der Waals surface area contributed by atoms with Gasteiger partial charge in [0.25, 0.3) is 0 Å². The Morgan fingerprint density at radius 1 is 1.56 bits per heavy atom. The fraction of sp³-hybridized carbons (Fsp3) is 0.100. The summed E-state index contributed by atoms with van der Waals surface area (Å²) in [4.78, 5) is 14.1. The van der Waals surface area contributed by atoms with Crippen molar-refractivity contribution in [3.8, 4) is 0 Å². The maximum Gasteiger partial charge on any atom is 0.342 e. The van der Waals surface area contributed by atoms with Crippen LogP contribution in [-0.4, -0.2) is 18.1 Å². The predicted molar refractivity (Wildman–Crippen MR) is 59.0 cm³/mol. The van der Waals surface area contributed by atoms with Crippen LogP contribution in [0.25, 0.3) is 10.9 Å². The molecule has 3 N–H and O–H groups in total. The summed E-state index contributed by atoms with van der Waals surface area (Å²) in [6.07, 6.45) is 0. The molecule has 16 heavy (non-hydrogen) atoms. The summed E-state index contributed by atoms with van der Waals surface area (Å²) in [6, 6.07) is 2.33. The van der Waals surface area contributed by atoms with Crippen molar-refractivity contribution in [1.82, 2.24) is 4.98 Å². The highest BCUT2D eigenvalue weighted by Gasteiger charge is 2.20. The topological polar surface area (TPSA) is 68.1 Å². The molecule has 0 unspecified atom stereocenters. The van der Waals surface area contributed by atoms with Crippen molar-refractivity contribution in [3.63, 3.8) is 0 Å². The van der Waals surface area contributed by atoms with Crippen LogP contribution in [0.3, 0.4) is 0 Å². The van der Waals surface area contributed by atoms with Gasteiger partial charge in [-0.05, 0) is 12.1 Å². The number of H-pyrrole nitrogens is 1. The first kappa shape index (κ1) is 10.8. The molecule has 0 bridgehead atoms. The normalized spacial score (nSPS) is 10.7. The monoisotopic (exact) mass is 242 g/mol. The van der Waals surface area contributed by atoms with Crippen LogP contribution in [0.15, 0.2) is 12.1 Å². The SMILES string of the molecule is COC(=O)c1c(N)[nH]c2cc(F)cc(Cl)c12. The summed E-state index contributed by atoms with van der Waals surface area (Å²) < 4.78 is 17.6. The Balaban J connectivity index is 2.84. The van der Waals surface area contributed by atoms with Crippen LogP contribution in [0.1, 0.15) is 10.4 Å². The van der Waals surface area contributed by atoms with Gasteiger partial charge in [0, 0.05) is 5.39 Å². The molecule has 2 rings (SSSR count).